The Kier molecular flexibility index (Phi) is 6.80. The minimum atomic E-state index is -3.31. The number of benzene rings is 2. The van der Waals surface area contributed by atoms with E-state index >= 15 is 0 Å². The maximum Gasteiger partial charge on any atom is 0.217 e. The van der Waals surface area contributed by atoms with E-state index in [0.717, 1.165) is 16.5 Å². The Morgan fingerprint density at radius 3 is 2.42 bits per heavy atom. The summed E-state index contributed by atoms with van der Waals surface area (Å²) in [6.07, 6.45) is 4.28. The smallest absolute Gasteiger partial charge is 0.217 e. The molecule has 0 unspecified atom stereocenters. The molecule has 0 amide bonds. The molecule has 3 aromatic rings. The van der Waals surface area contributed by atoms with Crippen LogP contribution < -0.4 is 4.90 Å². The lowest BCUT2D eigenvalue weighted by atomic mass is 10.1. The third-order valence-electron chi connectivity index (χ3n) is 5.26. The summed E-state index contributed by atoms with van der Waals surface area (Å²) in [7, 11) is -3.31. The molecule has 0 aliphatic carbocycles. The largest absolute Gasteiger partial charge is 0.344 e. The number of anilines is 1. The first-order chi connectivity index (χ1) is 15.0. The van der Waals surface area contributed by atoms with Crippen molar-refractivity contribution in [1.29, 1.82) is 0 Å². The molecule has 1 fully saturated rings. The Labute approximate surface area is 188 Å². The fourth-order valence-corrected chi connectivity index (χ4v) is 5.47. The first-order valence-electron chi connectivity index (χ1n) is 10.3. The Bertz CT molecular complexity index is 1120. The normalized spacial score (nSPS) is 15.6. The molecule has 162 valence electrons. The zero-order valence-corrected chi connectivity index (χ0v) is 19.1. The van der Waals surface area contributed by atoms with Crippen molar-refractivity contribution in [2.24, 2.45) is 0 Å². The maximum absolute atomic E-state index is 12.7. The van der Waals surface area contributed by atoms with Crippen molar-refractivity contribution in [2.75, 3.05) is 36.8 Å². The SMILES string of the molecule is Cc1ccc(Cc2nsc(N3CCN(S(=O)(=O)CC=Cc4ccccc4)CC3)n2)cc1. The molecule has 0 saturated carbocycles. The number of rotatable bonds is 7. The quantitative estimate of drug-likeness (QED) is 0.546. The molecule has 1 aromatic heterocycles. The van der Waals surface area contributed by atoms with Gasteiger partial charge in [0.1, 0.15) is 5.82 Å². The van der Waals surface area contributed by atoms with E-state index < -0.39 is 10.0 Å². The summed E-state index contributed by atoms with van der Waals surface area (Å²) in [5.41, 5.74) is 3.42. The Balaban J connectivity index is 1.30. The molecular formula is C23H26N4O2S2. The van der Waals surface area contributed by atoms with Gasteiger partial charge in [0, 0.05) is 44.1 Å². The Morgan fingerprint density at radius 2 is 1.71 bits per heavy atom. The molecule has 2 aromatic carbocycles. The van der Waals surface area contributed by atoms with Crippen molar-refractivity contribution < 1.29 is 8.42 Å². The number of nitrogens with zero attached hydrogens (tertiary/aromatic N) is 4. The highest BCUT2D eigenvalue weighted by molar-refractivity contribution is 7.89. The lowest BCUT2D eigenvalue weighted by Crippen LogP contribution is -2.49. The van der Waals surface area contributed by atoms with Crippen LogP contribution in [0, 0.1) is 6.92 Å². The molecule has 0 N–H and O–H groups in total. The van der Waals surface area contributed by atoms with Crippen molar-refractivity contribution in [3.63, 3.8) is 0 Å². The van der Waals surface area contributed by atoms with Crippen molar-refractivity contribution in [3.8, 4) is 0 Å². The fraction of sp³-hybridized carbons (Fsp3) is 0.304. The second kappa shape index (κ2) is 9.72. The van der Waals surface area contributed by atoms with Crippen LogP contribution in [0.4, 0.5) is 5.13 Å². The standard InChI is InChI=1S/C23H26N4O2S2/c1-19-9-11-21(12-10-19)18-22-24-23(30-25-22)26-13-15-27(16-14-26)31(28,29)17-5-8-20-6-3-2-4-7-20/h2-12H,13-18H2,1H3. The van der Waals surface area contributed by atoms with Gasteiger partial charge in [-0.2, -0.15) is 8.68 Å². The minimum Gasteiger partial charge on any atom is -0.344 e. The van der Waals surface area contributed by atoms with E-state index in [9.17, 15) is 8.42 Å². The molecule has 1 aliphatic heterocycles. The first kappa shape index (κ1) is 21.7. The molecule has 6 nitrogen and oxygen atoms in total. The Hall–Kier alpha value is -2.55. The number of sulfonamides is 1. The summed E-state index contributed by atoms with van der Waals surface area (Å²) >= 11 is 1.38. The highest BCUT2D eigenvalue weighted by Gasteiger charge is 2.27. The predicted molar refractivity (Wildman–Crippen MR) is 127 cm³/mol. The van der Waals surface area contributed by atoms with Crippen LogP contribution in [0.1, 0.15) is 22.5 Å². The summed E-state index contributed by atoms with van der Waals surface area (Å²) in [4.78, 5) is 6.80. The van der Waals surface area contributed by atoms with Gasteiger partial charge < -0.3 is 4.90 Å². The van der Waals surface area contributed by atoms with E-state index in [4.69, 9.17) is 0 Å². The first-order valence-corrected chi connectivity index (χ1v) is 12.7. The molecule has 4 rings (SSSR count). The molecule has 2 heterocycles. The average Bonchev–Trinajstić information content (AvgIpc) is 3.25. The summed E-state index contributed by atoms with van der Waals surface area (Å²) in [5.74, 6) is 0.825. The average molecular weight is 455 g/mol. The molecule has 0 spiro atoms. The van der Waals surface area contributed by atoms with E-state index in [1.165, 1.54) is 22.7 Å². The summed E-state index contributed by atoms with van der Waals surface area (Å²) in [5, 5.41) is 0.864. The highest BCUT2D eigenvalue weighted by atomic mass is 32.2. The van der Waals surface area contributed by atoms with Crippen LogP contribution in [-0.2, 0) is 16.4 Å². The molecule has 8 heteroatoms. The zero-order valence-electron chi connectivity index (χ0n) is 17.5. The maximum atomic E-state index is 12.7. The van der Waals surface area contributed by atoms with Crippen LogP contribution >= 0.6 is 11.5 Å². The van der Waals surface area contributed by atoms with E-state index in [-0.39, 0.29) is 5.75 Å². The van der Waals surface area contributed by atoms with Crippen LogP contribution in [0.5, 0.6) is 0 Å². The molecule has 0 radical (unpaired) electrons. The molecule has 0 bridgehead atoms. The third-order valence-corrected chi connectivity index (χ3v) is 7.84. The number of hydrogen-bond donors (Lipinski definition) is 0. The lowest BCUT2D eigenvalue weighted by molar-refractivity contribution is 0.386. The van der Waals surface area contributed by atoms with Gasteiger partial charge in [0.15, 0.2) is 0 Å². The van der Waals surface area contributed by atoms with Gasteiger partial charge in [-0.15, -0.1) is 0 Å². The van der Waals surface area contributed by atoms with Gasteiger partial charge >= 0.3 is 0 Å². The number of aryl methyl sites for hydroxylation is 1. The van der Waals surface area contributed by atoms with Gasteiger partial charge in [-0.3, -0.25) is 0 Å². The summed E-state index contributed by atoms with van der Waals surface area (Å²) < 4.78 is 31.4. The fourth-order valence-electron chi connectivity index (χ4n) is 3.47. The Morgan fingerprint density at radius 1 is 1.00 bits per heavy atom. The predicted octanol–water partition coefficient (Wildman–Crippen LogP) is 3.60. The molecular weight excluding hydrogens is 428 g/mol. The van der Waals surface area contributed by atoms with Crippen molar-refractivity contribution >= 4 is 32.8 Å². The topological polar surface area (TPSA) is 66.4 Å². The van der Waals surface area contributed by atoms with Crippen LogP contribution in [0.15, 0.2) is 60.7 Å². The van der Waals surface area contributed by atoms with E-state index in [0.29, 0.717) is 32.6 Å². The van der Waals surface area contributed by atoms with Crippen LogP contribution in [-0.4, -0.2) is 54.0 Å². The van der Waals surface area contributed by atoms with E-state index in [1.807, 2.05) is 36.4 Å². The van der Waals surface area contributed by atoms with Crippen LogP contribution in [0.25, 0.3) is 6.08 Å². The van der Waals surface area contributed by atoms with Gasteiger partial charge in [0.05, 0.1) is 5.75 Å². The van der Waals surface area contributed by atoms with Crippen molar-refractivity contribution in [3.05, 3.63) is 83.2 Å². The highest BCUT2D eigenvalue weighted by Crippen LogP contribution is 2.21. The number of hydrogen-bond acceptors (Lipinski definition) is 6. The second-order valence-corrected chi connectivity index (χ2v) is 10.4. The second-order valence-electron chi connectivity index (χ2n) is 7.63. The molecule has 1 aliphatic rings. The number of aromatic nitrogens is 2. The minimum absolute atomic E-state index is 0.0153. The number of piperazine rings is 1. The van der Waals surface area contributed by atoms with Gasteiger partial charge in [-0.1, -0.05) is 72.3 Å². The van der Waals surface area contributed by atoms with Gasteiger partial charge in [-0.05, 0) is 18.1 Å². The summed E-state index contributed by atoms with van der Waals surface area (Å²) in [6, 6.07) is 18.1. The van der Waals surface area contributed by atoms with E-state index in [2.05, 4.69) is 45.4 Å². The molecule has 31 heavy (non-hydrogen) atoms. The lowest BCUT2D eigenvalue weighted by Gasteiger charge is -2.33. The molecule has 0 atom stereocenters. The zero-order chi connectivity index (χ0) is 21.7. The summed E-state index contributed by atoms with van der Waals surface area (Å²) in [6.45, 7) is 4.26. The van der Waals surface area contributed by atoms with Crippen molar-refractivity contribution in [1.82, 2.24) is 13.7 Å². The third kappa shape index (κ3) is 5.78. The van der Waals surface area contributed by atoms with Gasteiger partial charge in [0.25, 0.3) is 0 Å². The van der Waals surface area contributed by atoms with Gasteiger partial charge in [0.2, 0.25) is 15.2 Å². The van der Waals surface area contributed by atoms with E-state index in [1.54, 1.807) is 10.4 Å². The van der Waals surface area contributed by atoms with Crippen molar-refractivity contribution in [2.45, 2.75) is 13.3 Å². The monoisotopic (exact) mass is 454 g/mol. The van der Waals surface area contributed by atoms with Gasteiger partial charge in [-0.25, -0.2) is 13.4 Å². The molecule has 1 saturated heterocycles. The van der Waals surface area contributed by atoms with Crippen LogP contribution in [0.2, 0.25) is 0 Å². The van der Waals surface area contributed by atoms with Crippen LogP contribution in [0.3, 0.4) is 0 Å².